The molecule has 98 valence electrons. The average Bonchev–Trinajstić information content (AvgIpc) is 2.43. The summed E-state index contributed by atoms with van der Waals surface area (Å²) in [7, 11) is 4.59. The van der Waals surface area contributed by atoms with Crippen LogP contribution in [0.25, 0.3) is 5.57 Å². The Balaban J connectivity index is 3.02. The standard InChI is InChI=1S/C14H18O4/c1-10(5-8-14(15)18-4)12-9-11(16-2)6-7-13(12)17-3/h5-7,9H,8H2,1-4H3/b10-5-. The van der Waals surface area contributed by atoms with Gasteiger partial charge in [-0.3, -0.25) is 4.79 Å². The van der Waals surface area contributed by atoms with Crippen molar-refractivity contribution in [1.29, 1.82) is 0 Å². The number of hydrogen-bond donors (Lipinski definition) is 0. The van der Waals surface area contributed by atoms with Crippen LogP contribution in [-0.4, -0.2) is 27.3 Å². The molecule has 4 nitrogen and oxygen atoms in total. The zero-order chi connectivity index (χ0) is 13.5. The lowest BCUT2D eigenvalue weighted by Gasteiger charge is -2.10. The van der Waals surface area contributed by atoms with Crippen LogP contribution in [0, 0.1) is 0 Å². The van der Waals surface area contributed by atoms with Gasteiger partial charge in [0.2, 0.25) is 0 Å². The summed E-state index contributed by atoms with van der Waals surface area (Å²) in [4.78, 5) is 11.1. The van der Waals surface area contributed by atoms with Crippen molar-refractivity contribution in [2.45, 2.75) is 13.3 Å². The minimum absolute atomic E-state index is 0.239. The van der Waals surface area contributed by atoms with Crippen LogP contribution in [-0.2, 0) is 9.53 Å². The SMILES string of the molecule is COC(=O)C/C=C(/C)c1cc(OC)ccc1OC. The molecular formula is C14H18O4. The number of ether oxygens (including phenoxy) is 3. The molecule has 0 spiro atoms. The molecule has 18 heavy (non-hydrogen) atoms. The molecule has 0 aliphatic heterocycles. The minimum Gasteiger partial charge on any atom is -0.497 e. The predicted octanol–water partition coefficient (Wildman–Crippen LogP) is 2.67. The molecule has 0 atom stereocenters. The minimum atomic E-state index is -0.267. The molecule has 4 heteroatoms. The van der Waals surface area contributed by atoms with E-state index in [2.05, 4.69) is 4.74 Å². The molecule has 0 radical (unpaired) electrons. The van der Waals surface area contributed by atoms with Crippen molar-refractivity contribution in [2.75, 3.05) is 21.3 Å². The second-order valence-electron chi connectivity index (χ2n) is 3.73. The Morgan fingerprint density at radius 3 is 2.50 bits per heavy atom. The number of benzene rings is 1. The van der Waals surface area contributed by atoms with E-state index in [1.165, 1.54) is 7.11 Å². The molecule has 1 rings (SSSR count). The molecule has 0 saturated carbocycles. The van der Waals surface area contributed by atoms with Gasteiger partial charge in [-0.05, 0) is 30.7 Å². The number of allylic oxidation sites excluding steroid dienone is 1. The summed E-state index contributed by atoms with van der Waals surface area (Å²) in [6.07, 6.45) is 2.05. The molecule has 0 N–H and O–H groups in total. The van der Waals surface area contributed by atoms with Gasteiger partial charge in [0.1, 0.15) is 11.5 Å². The van der Waals surface area contributed by atoms with E-state index >= 15 is 0 Å². The number of rotatable bonds is 5. The third-order valence-electron chi connectivity index (χ3n) is 2.63. The van der Waals surface area contributed by atoms with Crippen molar-refractivity contribution in [2.24, 2.45) is 0 Å². The van der Waals surface area contributed by atoms with Crippen molar-refractivity contribution >= 4 is 11.5 Å². The smallest absolute Gasteiger partial charge is 0.309 e. The number of carbonyl (C=O) groups is 1. The fraction of sp³-hybridized carbons (Fsp3) is 0.357. The highest BCUT2D eigenvalue weighted by molar-refractivity contribution is 5.77. The van der Waals surface area contributed by atoms with Crippen molar-refractivity contribution in [3.63, 3.8) is 0 Å². The van der Waals surface area contributed by atoms with Crippen molar-refractivity contribution in [1.82, 2.24) is 0 Å². The molecule has 0 fully saturated rings. The van der Waals surface area contributed by atoms with Crippen LogP contribution in [0.4, 0.5) is 0 Å². The fourth-order valence-corrected chi connectivity index (χ4v) is 1.55. The summed E-state index contributed by atoms with van der Waals surface area (Å²) in [6, 6.07) is 5.54. The lowest BCUT2D eigenvalue weighted by atomic mass is 10.0. The van der Waals surface area contributed by atoms with Gasteiger partial charge < -0.3 is 14.2 Å². The van der Waals surface area contributed by atoms with Crippen LogP contribution in [0.1, 0.15) is 18.9 Å². The summed E-state index contributed by atoms with van der Waals surface area (Å²) in [5, 5.41) is 0. The Kier molecular flexibility index (Phi) is 5.24. The van der Waals surface area contributed by atoms with Gasteiger partial charge in [-0.2, -0.15) is 0 Å². The molecule has 0 aromatic heterocycles. The number of esters is 1. The Morgan fingerprint density at radius 2 is 1.94 bits per heavy atom. The molecule has 0 saturated heterocycles. The van der Waals surface area contributed by atoms with Crippen LogP contribution >= 0.6 is 0 Å². The van der Waals surface area contributed by atoms with Crippen molar-refractivity contribution in [3.05, 3.63) is 29.8 Å². The van der Waals surface area contributed by atoms with Gasteiger partial charge in [0.05, 0.1) is 27.8 Å². The van der Waals surface area contributed by atoms with E-state index in [4.69, 9.17) is 9.47 Å². The van der Waals surface area contributed by atoms with E-state index in [1.807, 2.05) is 31.2 Å². The first-order valence-corrected chi connectivity index (χ1v) is 5.58. The van der Waals surface area contributed by atoms with Crippen LogP contribution in [0.2, 0.25) is 0 Å². The van der Waals surface area contributed by atoms with E-state index in [-0.39, 0.29) is 12.4 Å². The maximum atomic E-state index is 11.1. The lowest BCUT2D eigenvalue weighted by molar-refractivity contribution is -0.139. The van der Waals surface area contributed by atoms with Crippen molar-refractivity contribution < 1.29 is 19.0 Å². The summed E-state index contributed by atoms with van der Waals surface area (Å²) < 4.78 is 15.1. The third kappa shape index (κ3) is 3.52. The second kappa shape index (κ2) is 6.69. The maximum absolute atomic E-state index is 11.1. The van der Waals surface area contributed by atoms with Crippen LogP contribution < -0.4 is 9.47 Å². The van der Waals surface area contributed by atoms with Crippen molar-refractivity contribution in [3.8, 4) is 11.5 Å². The quantitative estimate of drug-likeness (QED) is 0.754. The zero-order valence-corrected chi connectivity index (χ0v) is 11.1. The number of methoxy groups -OCH3 is 3. The van der Waals surface area contributed by atoms with Gasteiger partial charge >= 0.3 is 5.97 Å². The monoisotopic (exact) mass is 250 g/mol. The predicted molar refractivity (Wildman–Crippen MR) is 69.8 cm³/mol. The maximum Gasteiger partial charge on any atom is 0.309 e. The van der Waals surface area contributed by atoms with Crippen LogP contribution in [0.3, 0.4) is 0 Å². The topological polar surface area (TPSA) is 44.8 Å². The summed E-state index contributed by atoms with van der Waals surface area (Å²) in [5.74, 6) is 1.22. The van der Waals surface area contributed by atoms with Crippen LogP contribution in [0.5, 0.6) is 11.5 Å². The highest BCUT2D eigenvalue weighted by Crippen LogP contribution is 2.29. The van der Waals surface area contributed by atoms with E-state index in [9.17, 15) is 4.79 Å². The normalized spacial score (nSPS) is 11.0. The van der Waals surface area contributed by atoms with Crippen LogP contribution in [0.15, 0.2) is 24.3 Å². The Morgan fingerprint density at radius 1 is 1.22 bits per heavy atom. The fourth-order valence-electron chi connectivity index (χ4n) is 1.55. The highest BCUT2D eigenvalue weighted by Gasteiger charge is 2.07. The van der Waals surface area contributed by atoms with Gasteiger partial charge in [-0.15, -0.1) is 0 Å². The first kappa shape index (κ1) is 14.1. The number of carbonyl (C=O) groups excluding carboxylic acids is 1. The number of hydrogen-bond acceptors (Lipinski definition) is 4. The van der Waals surface area contributed by atoms with Gasteiger partial charge in [-0.25, -0.2) is 0 Å². The summed E-state index contributed by atoms with van der Waals surface area (Å²) >= 11 is 0. The molecule has 0 bridgehead atoms. The third-order valence-corrected chi connectivity index (χ3v) is 2.63. The zero-order valence-electron chi connectivity index (χ0n) is 11.1. The molecule has 0 amide bonds. The Bertz CT molecular complexity index is 449. The molecule has 0 aliphatic rings. The van der Waals surface area contributed by atoms with E-state index < -0.39 is 0 Å². The summed E-state index contributed by atoms with van der Waals surface area (Å²) in [5.41, 5.74) is 1.84. The van der Waals surface area contributed by atoms with Gasteiger partial charge in [0.15, 0.2) is 0 Å². The average molecular weight is 250 g/mol. The molecular weight excluding hydrogens is 232 g/mol. The molecule has 0 aliphatic carbocycles. The first-order chi connectivity index (χ1) is 8.62. The largest absolute Gasteiger partial charge is 0.497 e. The molecule has 0 unspecified atom stereocenters. The van der Waals surface area contributed by atoms with E-state index in [0.29, 0.717) is 0 Å². The lowest BCUT2D eigenvalue weighted by Crippen LogP contribution is -1.98. The molecule has 1 aromatic carbocycles. The van der Waals surface area contributed by atoms with E-state index in [1.54, 1.807) is 14.2 Å². The Hall–Kier alpha value is -1.97. The molecule has 0 heterocycles. The van der Waals surface area contributed by atoms with Gasteiger partial charge in [-0.1, -0.05) is 6.08 Å². The van der Waals surface area contributed by atoms with Gasteiger partial charge in [0.25, 0.3) is 0 Å². The second-order valence-corrected chi connectivity index (χ2v) is 3.73. The first-order valence-electron chi connectivity index (χ1n) is 5.58. The highest BCUT2D eigenvalue weighted by atomic mass is 16.5. The molecule has 1 aromatic rings. The van der Waals surface area contributed by atoms with E-state index in [0.717, 1.165) is 22.6 Å². The summed E-state index contributed by atoms with van der Waals surface area (Å²) in [6.45, 7) is 1.92. The van der Waals surface area contributed by atoms with Gasteiger partial charge in [0, 0.05) is 5.56 Å². The Labute approximate surface area is 107 Å².